The Labute approximate surface area is 176 Å². The number of rotatable bonds is 16. The molecule has 1 aromatic rings. The minimum Gasteiger partial charge on any atom is -0.377 e. The predicted molar refractivity (Wildman–Crippen MR) is 126 cm³/mol. The van der Waals surface area contributed by atoms with E-state index in [-0.39, 0.29) is 0 Å². The van der Waals surface area contributed by atoms with E-state index < -0.39 is 16.9 Å². The van der Waals surface area contributed by atoms with Crippen LogP contribution in [0.25, 0.3) is 0 Å². The lowest BCUT2D eigenvalue weighted by molar-refractivity contribution is 0.117. The summed E-state index contributed by atoms with van der Waals surface area (Å²) in [5.74, 6) is 0. The molecule has 0 heterocycles. The normalized spacial score (nSPS) is 13.6. The van der Waals surface area contributed by atoms with Gasteiger partial charge in [-0.2, -0.15) is 0 Å². The smallest absolute Gasteiger partial charge is 0.377 e. The van der Waals surface area contributed by atoms with Crippen LogP contribution in [0.3, 0.4) is 0 Å². The third-order valence-corrected chi connectivity index (χ3v) is 16.2. The van der Waals surface area contributed by atoms with Gasteiger partial charge in [-0.15, -0.1) is 0 Å². The zero-order valence-corrected chi connectivity index (χ0v) is 21.3. The first-order valence-electron chi connectivity index (χ1n) is 11.2. The molecule has 0 aliphatic heterocycles. The van der Waals surface area contributed by atoms with Crippen LogP contribution in [0.1, 0.15) is 71.1 Å². The van der Waals surface area contributed by atoms with E-state index in [1.807, 2.05) is 0 Å². The van der Waals surface area contributed by atoms with Gasteiger partial charge in [0.25, 0.3) is 0 Å². The van der Waals surface area contributed by atoms with Crippen LogP contribution < -0.4 is 5.19 Å². The lowest BCUT2D eigenvalue weighted by atomic mass is 10.1. The number of hydrogen-bond acceptors (Lipinski definition) is 3. The van der Waals surface area contributed by atoms with Crippen LogP contribution in [0.5, 0.6) is 0 Å². The lowest BCUT2D eigenvalue weighted by Gasteiger charge is -2.41. The summed E-state index contributed by atoms with van der Waals surface area (Å²) >= 11 is 0. The third kappa shape index (κ3) is 7.41. The molecule has 0 aliphatic carbocycles. The minimum atomic E-state index is -2.69. The monoisotopic (exact) mass is 424 g/mol. The van der Waals surface area contributed by atoms with Crippen LogP contribution in [-0.4, -0.2) is 38.2 Å². The Morgan fingerprint density at radius 1 is 0.714 bits per heavy atom. The van der Waals surface area contributed by atoms with E-state index in [2.05, 4.69) is 50.3 Å². The van der Waals surface area contributed by atoms with Gasteiger partial charge in [-0.3, -0.25) is 0 Å². The van der Waals surface area contributed by atoms with Gasteiger partial charge in [0.1, 0.15) is 0 Å². The maximum absolute atomic E-state index is 5.97. The zero-order chi connectivity index (χ0) is 20.9. The minimum absolute atomic E-state index is 0.368. The fourth-order valence-corrected chi connectivity index (χ4v) is 13.8. The molecule has 0 bridgehead atoms. The standard InChI is InChI=1S/C23H44O3Si2/c1-7-8-9-10-11-12-13-14-18-21-23(28(24-2,25-3)26-4)27(5,6)22-19-16-15-17-20-22/h15-17,19-20,23H,7-14,18,21H2,1-6H3. The van der Waals surface area contributed by atoms with E-state index >= 15 is 0 Å². The molecule has 0 aliphatic rings. The Balaban J connectivity index is 2.70. The Hall–Kier alpha value is -0.466. The van der Waals surface area contributed by atoms with Crippen molar-refractivity contribution in [3.05, 3.63) is 30.3 Å². The largest absolute Gasteiger partial charge is 0.500 e. The summed E-state index contributed by atoms with van der Waals surface area (Å²) in [7, 11) is 0.781. The van der Waals surface area contributed by atoms with E-state index in [0.29, 0.717) is 5.16 Å². The summed E-state index contributed by atoms with van der Waals surface area (Å²) in [4.78, 5) is 0. The van der Waals surface area contributed by atoms with Crippen LogP contribution in [0, 0.1) is 0 Å². The van der Waals surface area contributed by atoms with Gasteiger partial charge in [-0.1, -0.05) is 113 Å². The molecular weight excluding hydrogens is 380 g/mol. The SMILES string of the molecule is CCCCCCCCCCCC([Si](OC)(OC)OC)[Si](C)(C)c1ccccc1. The predicted octanol–water partition coefficient (Wildman–Crippen LogP) is 6.31. The van der Waals surface area contributed by atoms with E-state index in [1.165, 1.54) is 63.0 Å². The van der Waals surface area contributed by atoms with E-state index in [9.17, 15) is 0 Å². The molecule has 3 nitrogen and oxygen atoms in total. The highest BCUT2D eigenvalue weighted by Gasteiger charge is 2.54. The van der Waals surface area contributed by atoms with Crippen molar-refractivity contribution in [3.63, 3.8) is 0 Å². The molecule has 1 aromatic carbocycles. The van der Waals surface area contributed by atoms with Crippen molar-refractivity contribution in [3.8, 4) is 0 Å². The van der Waals surface area contributed by atoms with Crippen LogP contribution in [0.2, 0.25) is 18.3 Å². The first kappa shape index (κ1) is 25.6. The molecule has 1 atom stereocenters. The molecule has 1 rings (SSSR count). The average molecular weight is 425 g/mol. The first-order chi connectivity index (χ1) is 13.5. The van der Waals surface area contributed by atoms with Gasteiger partial charge >= 0.3 is 8.80 Å². The van der Waals surface area contributed by atoms with Crippen molar-refractivity contribution in [2.24, 2.45) is 0 Å². The summed E-state index contributed by atoms with van der Waals surface area (Å²) in [5, 5.41) is 1.82. The molecule has 1 unspecified atom stereocenters. The van der Waals surface area contributed by atoms with Gasteiger partial charge in [0.2, 0.25) is 0 Å². The zero-order valence-electron chi connectivity index (χ0n) is 19.3. The maximum atomic E-state index is 5.97. The molecule has 0 amide bonds. The van der Waals surface area contributed by atoms with Gasteiger partial charge in [-0.25, -0.2) is 0 Å². The number of hydrogen-bond donors (Lipinski definition) is 0. The van der Waals surface area contributed by atoms with Crippen LogP contribution in [0.4, 0.5) is 0 Å². The molecule has 0 fully saturated rings. The molecule has 0 saturated carbocycles. The summed E-state index contributed by atoms with van der Waals surface area (Å²) in [6.45, 7) is 7.17. The lowest BCUT2D eigenvalue weighted by Crippen LogP contribution is -2.61. The van der Waals surface area contributed by atoms with E-state index in [1.54, 1.807) is 21.3 Å². The number of benzene rings is 1. The molecular formula is C23H44O3Si2. The van der Waals surface area contributed by atoms with Crippen molar-refractivity contribution in [2.75, 3.05) is 21.3 Å². The fourth-order valence-electron chi connectivity index (χ4n) is 4.38. The summed E-state index contributed by atoms with van der Waals surface area (Å²) in [5.41, 5.74) is 0. The summed E-state index contributed by atoms with van der Waals surface area (Å²) < 4.78 is 17.9. The van der Waals surface area contributed by atoms with Crippen LogP contribution >= 0.6 is 0 Å². The maximum Gasteiger partial charge on any atom is 0.500 e. The Kier molecular flexibility index (Phi) is 12.5. The molecule has 0 aromatic heterocycles. The van der Waals surface area contributed by atoms with E-state index in [0.717, 1.165) is 6.42 Å². The molecule has 0 radical (unpaired) electrons. The Morgan fingerprint density at radius 2 is 1.18 bits per heavy atom. The highest BCUT2D eigenvalue weighted by atomic mass is 28.4. The van der Waals surface area contributed by atoms with Gasteiger partial charge in [0.15, 0.2) is 0 Å². The highest BCUT2D eigenvalue weighted by Crippen LogP contribution is 2.38. The number of unbranched alkanes of at least 4 members (excludes halogenated alkanes) is 8. The van der Waals surface area contributed by atoms with Crippen molar-refractivity contribution in [2.45, 2.75) is 89.4 Å². The van der Waals surface area contributed by atoms with Crippen LogP contribution in [0.15, 0.2) is 30.3 Å². The second-order valence-electron chi connectivity index (χ2n) is 8.47. The van der Waals surface area contributed by atoms with Crippen molar-refractivity contribution in [1.82, 2.24) is 0 Å². The summed E-state index contributed by atoms with van der Waals surface area (Å²) in [6, 6.07) is 10.9. The summed E-state index contributed by atoms with van der Waals surface area (Å²) in [6.07, 6.45) is 13.3. The molecule has 162 valence electrons. The van der Waals surface area contributed by atoms with Crippen molar-refractivity contribution >= 4 is 22.1 Å². The second-order valence-corrected chi connectivity index (χ2v) is 16.9. The van der Waals surface area contributed by atoms with Gasteiger partial charge in [-0.05, 0) is 6.42 Å². The van der Waals surface area contributed by atoms with Crippen molar-refractivity contribution < 1.29 is 13.3 Å². The van der Waals surface area contributed by atoms with Gasteiger partial charge in [0.05, 0.1) is 8.07 Å². The van der Waals surface area contributed by atoms with Gasteiger partial charge in [0, 0.05) is 26.5 Å². The van der Waals surface area contributed by atoms with Gasteiger partial charge < -0.3 is 13.3 Å². The molecule has 0 spiro atoms. The topological polar surface area (TPSA) is 27.7 Å². The van der Waals surface area contributed by atoms with Crippen molar-refractivity contribution in [1.29, 1.82) is 0 Å². The second kappa shape index (κ2) is 13.7. The molecule has 5 heteroatoms. The van der Waals surface area contributed by atoms with E-state index in [4.69, 9.17) is 13.3 Å². The fraction of sp³-hybridized carbons (Fsp3) is 0.739. The Morgan fingerprint density at radius 3 is 1.64 bits per heavy atom. The third-order valence-electron chi connectivity index (χ3n) is 6.27. The molecule has 0 N–H and O–H groups in total. The average Bonchev–Trinajstić information content (AvgIpc) is 2.73. The molecule has 28 heavy (non-hydrogen) atoms. The van der Waals surface area contributed by atoms with Crippen LogP contribution in [-0.2, 0) is 13.3 Å². The first-order valence-corrected chi connectivity index (χ1v) is 16.1. The highest BCUT2D eigenvalue weighted by molar-refractivity contribution is 6.99. The Bertz CT molecular complexity index is 496. The quantitative estimate of drug-likeness (QED) is 0.230. The molecule has 0 saturated heterocycles.